The molecule has 0 radical (unpaired) electrons. The standard InChI is InChI=1S/C20H23ClN6O4/c1-24-16-15(17(28)25(2)20(24)30)22-19(23-16)27-8-6-26(7-9-27)10-11-31-18(29)13-4-3-5-14(21)12-13/h3-5,12H,6-11H2,1-2H3,(H,22,23). The van der Waals surface area contributed by atoms with E-state index in [1.54, 1.807) is 31.3 Å². The maximum Gasteiger partial charge on any atom is 0.338 e. The van der Waals surface area contributed by atoms with Gasteiger partial charge in [-0.25, -0.2) is 9.59 Å². The van der Waals surface area contributed by atoms with Crippen molar-refractivity contribution < 1.29 is 9.53 Å². The van der Waals surface area contributed by atoms with Crippen molar-refractivity contribution in [2.45, 2.75) is 0 Å². The zero-order valence-corrected chi connectivity index (χ0v) is 18.1. The highest BCUT2D eigenvalue weighted by Crippen LogP contribution is 2.16. The number of carbonyl (C=O) groups excluding carboxylic acids is 1. The number of rotatable bonds is 5. The summed E-state index contributed by atoms with van der Waals surface area (Å²) < 4.78 is 7.77. The summed E-state index contributed by atoms with van der Waals surface area (Å²) in [6.45, 7) is 3.79. The van der Waals surface area contributed by atoms with E-state index in [-0.39, 0.29) is 6.61 Å². The monoisotopic (exact) mass is 446 g/mol. The van der Waals surface area contributed by atoms with E-state index in [1.807, 2.05) is 4.90 Å². The van der Waals surface area contributed by atoms with Crippen LogP contribution in [0.15, 0.2) is 33.9 Å². The number of ether oxygens (including phenoxy) is 1. The third-order valence-corrected chi connectivity index (χ3v) is 5.69. The van der Waals surface area contributed by atoms with Crippen molar-refractivity contribution in [3.63, 3.8) is 0 Å². The highest BCUT2D eigenvalue weighted by Gasteiger charge is 2.22. The van der Waals surface area contributed by atoms with E-state index >= 15 is 0 Å². The Bertz CT molecular complexity index is 1240. The number of aromatic nitrogens is 4. The van der Waals surface area contributed by atoms with E-state index in [2.05, 4.69) is 14.9 Å². The first-order chi connectivity index (χ1) is 14.8. The van der Waals surface area contributed by atoms with Crippen LogP contribution in [0.5, 0.6) is 0 Å². The molecule has 0 aliphatic carbocycles. The number of halogens is 1. The predicted octanol–water partition coefficient (Wildman–Crippen LogP) is 0.593. The number of hydrogen-bond acceptors (Lipinski definition) is 7. The lowest BCUT2D eigenvalue weighted by Crippen LogP contribution is -2.47. The largest absolute Gasteiger partial charge is 0.461 e. The Morgan fingerprint density at radius 1 is 1.16 bits per heavy atom. The van der Waals surface area contributed by atoms with Gasteiger partial charge in [-0.2, -0.15) is 4.98 Å². The molecule has 2 aromatic heterocycles. The number of carbonyl (C=O) groups is 1. The smallest absolute Gasteiger partial charge is 0.338 e. The van der Waals surface area contributed by atoms with E-state index in [4.69, 9.17) is 16.3 Å². The molecule has 1 fully saturated rings. The molecule has 1 N–H and O–H groups in total. The average Bonchev–Trinajstić information content (AvgIpc) is 3.22. The van der Waals surface area contributed by atoms with Crippen molar-refractivity contribution >= 4 is 34.7 Å². The molecule has 31 heavy (non-hydrogen) atoms. The van der Waals surface area contributed by atoms with Crippen LogP contribution in [0, 0.1) is 0 Å². The van der Waals surface area contributed by atoms with Gasteiger partial charge in [0, 0.05) is 51.8 Å². The number of nitrogens with zero attached hydrogens (tertiary/aromatic N) is 5. The number of nitrogens with one attached hydrogen (secondary N) is 1. The van der Waals surface area contributed by atoms with E-state index in [0.29, 0.717) is 47.3 Å². The number of hydrogen-bond donors (Lipinski definition) is 1. The van der Waals surface area contributed by atoms with E-state index in [0.717, 1.165) is 17.7 Å². The zero-order valence-electron chi connectivity index (χ0n) is 17.3. The molecule has 11 heteroatoms. The molecule has 164 valence electrons. The molecular weight excluding hydrogens is 424 g/mol. The fourth-order valence-electron chi connectivity index (χ4n) is 3.61. The molecule has 0 atom stereocenters. The van der Waals surface area contributed by atoms with Gasteiger partial charge in [-0.05, 0) is 18.2 Å². The summed E-state index contributed by atoms with van der Waals surface area (Å²) in [7, 11) is 3.04. The third kappa shape index (κ3) is 4.21. The summed E-state index contributed by atoms with van der Waals surface area (Å²) in [4.78, 5) is 48.3. The lowest BCUT2D eigenvalue weighted by atomic mass is 10.2. The first-order valence-corrected chi connectivity index (χ1v) is 10.3. The molecule has 0 spiro atoms. The van der Waals surface area contributed by atoms with Gasteiger partial charge < -0.3 is 14.6 Å². The summed E-state index contributed by atoms with van der Waals surface area (Å²) in [5.74, 6) is 0.177. The molecule has 1 saturated heterocycles. The number of piperazine rings is 1. The maximum absolute atomic E-state index is 12.3. The van der Waals surface area contributed by atoms with E-state index < -0.39 is 17.2 Å². The van der Waals surface area contributed by atoms with Crippen LogP contribution in [0.1, 0.15) is 10.4 Å². The van der Waals surface area contributed by atoms with Gasteiger partial charge >= 0.3 is 11.7 Å². The van der Waals surface area contributed by atoms with Gasteiger partial charge in [0.1, 0.15) is 6.61 Å². The van der Waals surface area contributed by atoms with Crippen molar-refractivity contribution in [2.75, 3.05) is 44.2 Å². The third-order valence-electron chi connectivity index (χ3n) is 5.46. The second-order valence-corrected chi connectivity index (χ2v) is 7.88. The SMILES string of the molecule is Cn1c(=O)c2[nH]c(N3CCN(CCOC(=O)c4cccc(Cl)c4)CC3)nc2n(C)c1=O. The Kier molecular flexibility index (Phi) is 5.84. The number of fused-ring (bicyclic) bond motifs is 1. The lowest BCUT2D eigenvalue weighted by molar-refractivity contribution is 0.0459. The second kappa shape index (κ2) is 8.56. The molecule has 1 aliphatic heterocycles. The van der Waals surface area contributed by atoms with Crippen LogP contribution in [0.25, 0.3) is 11.2 Å². The quantitative estimate of drug-likeness (QED) is 0.572. The van der Waals surface area contributed by atoms with Crippen LogP contribution in [-0.2, 0) is 18.8 Å². The molecule has 10 nitrogen and oxygen atoms in total. The first-order valence-electron chi connectivity index (χ1n) is 9.91. The minimum Gasteiger partial charge on any atom is -0.461 e. The van der Waals surface area contributed by atoms with Crippen LogP contribution in [0.2, 0.25) is 5.02 Å². The summed E-state index contributed by atoms with van der Waals surface area (Å²) >= 11 is 5.90. The molecule has 1 aromatic carbocycles. The molecule has 3 heterocycles. The molecule has 0 unspecified atom stereocenters. The van der Waals surface area contributed by atoms with Crippen molar-refractivity contribution in [2.24, 2.45) is 14.1 Å². The van der Waals surface area contributed by atoms with E-state index in [1.165, 1.54) is 11.6 Å². The summed E-state index contributed by atoms with van der Waals surface area (Å²) in [6, 6.07) is 6.67. The fourth-order valence-corrected chi connectivity index (χ4v) is 3.80. The Hall–Kier alpha value is -3.11. The van der Waals surface area contributed by atoms with Crippen LogP contribution < -0.4 is 16.1 Å². The lowest BCUT2D eigenvalue weighted by Gasteiger charge is -2.34. The Balaban J connectivity index is 1.33. The highest BCUT2D eigenvalue weighted by atomic mass is 35.5. The Morgan fingerprint density at radius 3 is 2.61 bits per heavy atom. The van der Waals surface area contributed by atoms with Crippen molar-refractivity contribution in [1.29, 1.82) is 0 Å². The minimum absolute atomic E-state index is 0.286. The summed E-state index contributed by atoms with van der Waals surface area (Å²) in [5.41, 5.74) is 0.292. The minimum atomic E-state index is -0.410. The number of aryl methyl sites for hydroxylation is 1. The summed E-state index contributed by atoms with van der Waals surface area (Å²) in [6.07, 6.45) is 0. The number of aromatic amines is 1. The van der Waals surface area contributed by atoms with Gasteiger partial charge in [-0.3, -0.25) is 18.8 Å². The average molecular weight is 447 g/mol. The van der Waals surface area contributed by atoms with Crippen LogP contribution in [0.3, 0.4) is 0 Å². The van der Waals surface area contributed by atoms with Crippen molar-refractivity contribution in [3.05, 3.63) is 55.7 Å². The molecule has 3 aromatic rings. The molecule has 4 rings (SSSR count). The topological polar surface area (TPSA) is 105 Å². The molecule has 0 bridgehead atoms. The van der Waals surface area contributed by atoms with Gasteiger partial charge in [0.05, 0.1) is 5.56 Å². The molecule has 1 aliphatic rings. The van der Waals surface area contributed by atoms with Crippen molar-refractivity contribution in [3.8, 4) is 0 Å². The first kappa shape index (κ1) is 21.1. The summed E-state index contributed by atoms with van der Waals surface area (Å²) in [5, 5.41) is 0.495. The molecule has 0 saturated carbocycles. The van der Waals surface area contributed by atoms with Crippen LogP contribution in [-0.4, -0.2) is 69.3 Å². The van der Waals surface area contributed by atoms with Gasteiger partial charge in [0.2, 0.25) is 5.95 Å². The number of esters is 1. The van der Waals surface area contributed by atoms with Crippen molar-refractivity contribution in [1.82, 2.24) is 24.0 Å². The van der Waals surface area contributed by atoms with Gasteiger partial charge in [0.15, 0.2) is 11.2 Å². The molecule has 0 amide bonds. The normalized spacial score (nSPS) is 14.9. The Labute approximate surface area is 182 Å². The van der Waals surface area contributed by atoms with Crippen LogP contribution in [0.4, 0.5) is 5.95 Å². The number of imidazole rings is 1. The Morgan fingerprint density at radius 2 is 1.90 bits per heavy atom. The van der Waals surface area contributed by atoms with Gasteiger partial charge in [-0.15, -0.1) is 0 Å². The van der Waals surface area contributed by atoms with E-state index in [9.17, 15) is 14.4 Å². The van der Waals surface area contributed by atoms with Gasteiger partial charge in [0.25, 0.3) is 5.56 Å². The second-order valence-electron chi connectivity index (χ2n) is 7.44. The maximum atomic E-state index is 12.3. The van der Waals surface area contributed by atoms with Gasteiger partial charge in [-0.1, -0.05) is 17.7 Å². The number of benzene rings is 1. The number of H-pyrrole nitrogens is 1. The highest BCUT2D eigenvalue weighted by molar-refractivity contribution is 6.30. The fraction of sp³-hybridized carbons (Fsp3) is 0.400. The molecular formula is C20H23ClN6O4. The predicted molar refractivity (Wildman–Crippen MR) is 117 cm³/mol. The van der Waals surface area contributed by atoms with Crippen LogP contribution >= 0.6 is 11.6 Å². The number of anilines is 1. The zero-order chi connectivity index (χ0) is 22.1.